The fourth-order valence-corrected chi connectivity index (χ4v) is 3.13. The van der Waals surface area contributed by atoms with Crippen molar-refractivity contribution in [2.45, 2.75) is 6.54 Å². The number of benzene rings is 2. The normalized spacial score (nSPS) is 20.7. The van der Waals surface area contributed by atoms with Gasteiger partial charge in [0.1, 0.15) is 12.2 Å². The van der Waals surface area contributed by atoms with Crippen molar-refractivity contribution in [3.05, 3.63) is 66.2 Å². The lowest BCUT2D eigenvalue weighted by atomic mass is 10.2. The first kappa shape index (κ1) is 15.2. The summed E-state index contributed by atoms with van der Waals surface area (Å²) in [5, 5.41) is 9.31. The van der Waals surface area contributed by atoms with Gasteiger partial charge in [-0.05, 0) is 17.7 Å². The molecule has 0 saturated carbocycles. The summed E-state index contributed by atoms with van der Waals surface area (Å²) in [6.07, 6.45) is 0. The Bertz CT molecular complexity index is 703. The number of nitrogens with zero attached hydrogens (tertiary/aromatic N) is 2. The van der Waals surface area contributed by atoms with Gasteiger partial charge in [-0.25, -0.2) is 9.59 Å². The predicted molar refractivity (Wildman–Crippen MR) is 87.9 cm³/mol. The van der Waals surface area contributed by atoms with Gasteiger partial charge in [0.05, 0.1) is 13.1 Å². The number of rotatable bonds is 5. The minimum Gasteiger partial charge on any atom is -0.477 e. The maximum atomic E-state index is 13.0. The second-order valence-corrected chi connectivity index (χ2v) is 5.77. The van der Waals surface area contributed by atoms with Crippen molar-refractivity contribution in [1.29, 1.82) is 0 Å². The van der Waals surface area contributed by atoms with Crippen LogP contribution in [0.15, 0.2) is 60.7 Å². The number of carbonyl (C=O) groups is 2. The molecule has 2 aromatic carbocycles. The van der Waals surface area contributed by atoms with Gasteiger partial charge in [-0.1, -0.05) is 48.5 Å². The molecule has 1 aliphatic rings. The van der Waals surface area contributed by atoms with Crippen molar-refractivity contribution < 1.29 is 14.7 Å². The standard InChI is InChI=1S/C18H18N2O3/c21-17(22)14-20(16-9-5-2-6-10-16)12-11-19(18(20)23)13-15-7-3-1-4-8-15/h1-10H,11-14H2/p+1. The molecule has 0 spiro atoms. The largest absolute Gasteiger partial charge is 0.477 e. The van der Waals surface area contributed by atoms with Gasteiger partial charge in [0, 0.05) is 0 Å². The molecule has 1 unspecified atom stereocenters. The topological polar surface area (TPSA) is 57.6 Å². The van der Waals surface area contributed by atoms with E-state index in [1.165, 1.54) is 0 Å². The van der Waals surface area contributed by atoms with Gasteiger partial charge in [-0.2, -0.15) is 4.48 Å². The van der Waals surface area contributed by atoms with E-state index in [9.17, 15) is 14.7 Å². The number of urea groups is 1. The molecule has 118 valence electrons. The number of carboxylic acids is 1. The van der Waals surface area contributed by atoms with Gasteiger partial charge in [-0.3, -0.25) is 4.90 Å². The van der Waals surface area contributed by atoms with E-state index in [1.807, 2.05) is 60.7 Å². The fraction of sp³-hybridized carbons (Fsp3) is 0.222. The Morgan fingerprint density at radius 2 is 1.65 bits per heavy atom. The third kappa shape index (κ3) is 2.96. The summed E-state index contributed by atoms with van der Waals surface area (Å²) in [6, 6.07) is 18.8. The molecule has 0 aromatic heterocycles. The molecule has 3 rings (SSSR count). The van der Waals surface area contributed by atoms with E-state index in [0.717, 1.165) is 11.3 Å². The van der Waals surface area contributed by atoms with Crippen molar-refractivity contribution in [3.63, 3.8) is 0 Å². The molecule has 2 amide bonds. The lowest BCUT2D eigenvalue weighted by Gasteiger charge is -2.28. The Kier molecular flexibility index (Phi) is 4.12. The molecular formula is C18H19N2O3+. The summed E-state index contributed by atoms with van der Waals surface area (Å²) in [5.41, 5.74) is 1.78. The van der Waals surface area contributed by atoms with Crippen LogP contribution in [0.3, 0.4) is 0 Å². The first-order chi connectivity index (χ1) is 11.1. The SMILES string of the molecule is O=C(O)C[N+]1(c2ccccc2)CCN(Cc2ccccc2)C1=O. The summed E-state index contributed by atoms with van der Waals surface area (Å²) in [7, 11) is 0. The second-order valence-electron chi connectivity index (χ2n) is 5.77. The van der Waals surface area contributed by atoms with Crippen LogP contribution in [0.2, 0.25) is 0 Å². The van der Waals surface area contributed by atoms with Crippen LogP contribution in [-0.2, 0) is 11.3 Å². The number of hydrogen-bond donors (Lipinski definition) is 1. The van der Waals surface area contributed by atoms with Crippen LogP contribution < -0.4 is 4.48 Å². The van der Waals surface area contributed by atoms with Crippen LogP contribution in [0.4, 0.5) is 10.5 Å². The molecule has 0 radical (unpaired) electrons. The minimum absolute atomic E-state index is 0.150. The van der Waals surface area contributed by atoms with E-state index >= 15 is 0 Å². The number of para-hydroxylation sites is 1. The Morgan fingerprint density at radius 3 is 2.26 bits per heavy atom. The van der Waals surface area contributed by atoms with Crippen molar-refractivity contribution in [2.75, 3.05) is 19.6 Å². The molecule has 1 N–H and O–H groups in total. The molecule has 1 atom stereocenters. The van der Waals surface area contributed by atoms with Crippen molar-refractivity contribution >= 4 is 17.7 Å². The summed E-state index contributed by atoms with van der Waals surface area (Å²) in [6.45, 7) is 1.30. The second kappa shape index (κ2) is 6.22. The summed E-state index contributed by atoms with van der Waals surface area (Å²) >= 11 is 0. The number of hydrogen-bond acceptors (Lipinski definition) is 2. The number of carbonyl (C=O) groups excluding carboxylic acids is 1. The Hall–Kier alpha value is -2.66. The highest BCUT2D eigenvalue weighted by atomic mass is 16.4. The van der Waals surface area contributed by atoms with Crippen LogP contribution in [0.1, 0.15) is 5.56 Å². The van der Waals surface area contributed by atoms with E-state index in [-0.39, 0.29) is 17.1 Å². The Labute approximate surface area is 135 Å². The van der Waals surface area contributed by atoms with Gasteiger partial charge < -0.3 is 5.11 Å². The third-order valence-corrected chi connectivity index (χ3v) is 4.26. The summed E-state index contributed by atoms with van der Waals surface area (Å²) in [4.78, 5) is 26.1. The molecule has 1 aliphatic heterocycles. The van der Waals surface area contributed by atoms with Crippen LogP contribution >= 0.6 is 0 Å². The molecule has 2 aromatic rings. The molecule has 1 fully saturated rings. The predicted octanol–water partition coefficient (Wildman–Crippen LogP) is 2.71. The average Bonchev–Trinajstić information content (AvgIpc) is 2.87. The zero-order valence-corrected chi connectivity index (χ0v) is 12.8. The highest BCUT2D eigenvalue weighted by Crippen LogP contribution is 2.30. The van der Waals surface area contributed by atoms with Crippen LogP contribution in [0.25, 0.3) is 0 Å². The quantitative estimate of drug-likeness (QED) is 0.864. The molecule has 1 heterocycles. The fourth-order valence-electron chi connectivity index (χ4n) is 3.13. The van der Waals surface area contributed by atoms with Gasteiger partial charge in [-0.15, -0.1) is 0 Å². The van der Waals surface area contributed by atoms with Crippen LogP contribution in [-0.4, -0.2) is 41.6 Å². The number of amides is 2. The number of quaternary nitrogens is 1. The maximum Gasteiger partial charge on any atom is 0.425 e. The first-order valence-electron chi connectivity index (χ1n) is 7.60. The highest BCUT2D eigenvalue weighted by Gasteiger charge is 2.49. The lowest BCUT2D eigenvalue weighted by molar-refractivity contribution is -0.137. The van der Waals surface area contributed by atoms with E-state index < -0.39 is 5.97 Å². The average molecular weight is 311 g/mol. The van der Waals surface area contributed by atoms with Gasteiger partial charge in [0.15, 0.2) is 6.54 Å². The smallest absolute Gasteiger partial charge is 0.425 e. The molecule has 0 aliphatic carbocycles. The molecule has 0 bridgehead atoms. The van der Waals surface area contributed by atoms with Crippen molar-refractivity contribution in [2.24, 2.45) is 0 Å². The Balaban J connectivity index is 1.90. The van der Waals surface area contributed by atoms with E-state index in [4.69, 9.17) is 0 Å². The van der Waals surface area contributed by atoms with E-state index in [2.05, 4.69) is 0 Å². The monoisotopic (exact) mass is 311 g/mol. The van der Waals surface area contributed by atoms with Crippen molar-refractivity contribution in [3.8, 4) is 0 Å². The summed E-state index contributed by atoms with van der Waals surface area (Å²) in [5.74, 6) is -0.969. The van der Waals surface area contributed by atoms with Crippen LogP contribution in [0, 0.1) is 0 Å². The molecule has 5 nitrogen and oxygen atoms in total. The van der Waals surface area contributed by atoms with Gasteiger partial charge in [0.2, 0.25) is 0 Å². The van der Waals surface area contributed by atoms with E-state index in [0.29, 0.717) is 19.6 Å². The lowest BCUT2D eigenvalue weighted by Crippen LogP contribution is -2.55. The minimum atomic E-state index is -0.969. The van der Waals surface area contributed by atoms with Gasteiger partial charge in [0.25, 0.3) is 0 Å². The number of aliphatic carboxylic acids is 1. The molecule has 23 heavy (non-hydrogen) atoms. The first-order valence-corrected chi connectivity index (χ1v) is 7.60. The molecular weight excluding hydrogens is 292 g/mol. The maximum absolute atomic E-state index is 13.0. The van der Waals surface area contributed by atoms with Crippen molar-refractivity contribution in [1.82, 2.24) is 9.38 Å². The highest BCUT2D eigenvalue weighted by molar-refractivity contribution is 5.93. The molecule has 5 heteroatoms. The zero-order valence-electron chi connectivity index (χ0n) is 12.8. The van der Waals surface area contributed by atoms with Gasteiger partial charge >= 0.3 is 12.0 Å². The van der Waals surface area contributed by atoms with E-state index in [1.54, 1.807) is 4.90 Å². The number of carboxylic acid groups (broad SMARTS) is 1. The van der Waals surface area contributed by atoms with Crippen LogP contribution in [0.5, 0.6) is 0 Å². The zero-order chi connectivity index (χ0) is 16.3. The summed E-state index contributed by atoms with van der Waals surface area (Å²) < 4.78 is -0.150. The Morgan fingerprint density at radius 1 is 1.04 bits per heavy atom. The molecule has 1 saturated heterocycles. The third-order valence-electron chi connectivity index (χ3n) is 4.26.